The summed E-state index contributed by atoms with van der Waals surface area (Å²) >= 11 is 7.24. The fourth-order valence-electron chi connectivity index (χ4n) is 1.37. The van der Waals surface area contributed by atoms with E-state index in [0.717, 1.165) is 9.21 Å². The Morgan fingerprint density at radius 2 is 2.44 bits per heavy atom. The van der Waals surface area contributed by atoms with Crippen molar-refractivity contribution in [2.75, 3.05) is 19.8 Å². The zero-order chi connectivity index (χ0) is 11.4. The van der Waals surface area contributed by atoms with Crippen molar-refractivity contribution in [1.82, 2.24) is 5.32 Å². The number of rotatable bonds is 3. The molecule has 6 heteroatoms. The molecule has 1 aliphatic rings. The van der Waals surface area contributed by atoms with Gasteiger partial charge >= 0.3 is 0 Å². The molecule has 1 N–H and O–H groups in total. The Labute approximate surface area is 102 Å². The summed E-state index contributed by atoms with van der Waals surface area (Å²) in [7, 11) is 0. The second kappa shape index (κ2) is 5.63. The highest BCUT2D eigenvalue weighted by molar-refractivity contribution is 7.16. The van der Waals surface area contributed by atoms with Crippen LogP contribution in [0.15, 0.2) is 12.1 Å². The number of nitrogens with one attached hydrogen (secondary N) is 1. The van der Waals surface area contributed by atoms with Crippen LogP contribution in [0.5, 0.6) is 0 Å². The lowest BCUT2D eigenvalue weighted by Gasteiger charge is -2.21. The van der Waals surface area contributed by atoms with Gasteiger partial charge < -0.3 is 14.8 Å². The Balaban J connectivity index is 1.78. The van der Waals surface area contributed by atoms with Gasteiger partial charge in [0.05, 0.1) is 30.7 Å². The van der Waals surface area contributed by atoms with Crippen molar-refractivity contribution >= 4 is 28.8 Å². The maximum absolute atomic E-state index is 11.6. The SMILES string of the molecule is O=C(NCc1ccc(Cl)s1)[C@@H]1COCCO1. The third-order valence-electron chi connectivity index (χ3n) is 2.17. The summed E-state index contributed by atoms with van der Waals surface area (Å²) in [5.41, 5.74) is 0. The molecule has 1 fully saturated rings. The number of ether oxygens (including phenoxy) is 2. The number of hydrogen-bond acceptors (Lipinski definition) is 4. The first-order valence-corrected chi connectivity index (χ1v) is 6.16. The van der Waals surface area contributed by atoms with Gasteiger partial charge in [-0.3, -0.25) is 4.79 Å². The monoisotopic (exact) mass is 261 g/mol. The molecule has 16 heavy (non-hydrogen) atoms. The van der Waals surface area contributed by atoms with Gasteiger partial charge in [0.25, 0.3) is 5.91 Å². The molecular formula is C10H12ClNO3S. The smallest absolute Gasteiger partial charge is 0.251 e. The van der Waals surface area contributed by atoms with Crippen LogP contribution in [-0.4, -0.2) is 31.8 Å². The fraction of sp³-hybridized carbons (Fsp3) is 0.500. The summed E-state index contributed by atoms with van der Waals surface area (Å²) in [5, 5.41) is 2.79. The second-order valence-corrected chi connectivity index (χ2v) is 5.16. The highest BCUT2D eigenvalue weighted by atomic mass is 35.5. The Hall–Kier alpha value is -0.620. The van der Waals surface area contributed by atoms with Crippen LogP contribution in [0.3, 0.4) is 0 Å². The number of thiophene rings is 1. The molecule has 2 rings (SSSR count). The van der Waals surface area contributed by atoms with Crippen LogP contribution in [0.4, 0.5) is 0 Å². The van der Waals surface area contributed by atoms with Crippen molar-refractivity contribution in [1.29, 1.82) is 0 Å². The predicted octanol–water partition coefficient (Wildman–Crippen LogP) is 1.43. The van der Waals surface area contributed by atoms with Crippen molar-refractivity contribution in [3.63, 3.8) is 0 Å². The zero-order valence-electron chi connectivity index (χ0n) is 8.57. The van der Waals surface area contributed by atoms with Crippen LogP contribution < -0.4 is 5.32 Å². The fourth-order valence-corrected chi connectivity index (χ4v) is 2.40. The molecule has 2 heterocycles. The number of halogens is 1. The number of carbonyl (C=O) groups excluding carboxylic acids is 1. The lowest BCUT2D eigenvalue weighted by Crippen LogP contribution is -2.42. The molecule has 0 aliphatic carbocycles. The van der Waals surface area contributed by atoms with Crippen LogP contribution in [0, 0.1) is 0 Å². The van der Waals surface area contributed by atoms with Crippen LogP contribution in [-0.2, 0) is 20.8 Å². The van der Waals surface area contributed by atoms with Crippen LogP contribution in [0.1, 0.15) is 4.88 Å². The molecule has 1 amide bonds. The molecule has 88 valence electrons. The Morgan fingerprint density at radius 1 is 1.56 bits per heavy atom. The van der Waals surface area contributed by atoms with E-state index < -0.39 is 6.10 Å². The van der Waals surface area contributed by atoms with Crippen LogP contribution >= 0.6 is 22.9 Å². The van der Waals surface area contributed by atoms with Gasteiger partial charge in [0.1, 0.15) is 0 Å². The standard InChI is InChI=1S/C10H12ClNO3S/c11-9-2-1-7(16-9)5-12-10(13)8-6-14-3-4-15-8/h1-2,8H,3-6H2,(H,12,13)/t8-/m0/s1. The normalized spacial score (nSPS) is 20.7. The van der Waals surface area contributed by atoms with E-state index >= 15 is 0 Å². The third kappa shape index (κ3) is 3.18. The molecule has 4 nitrogen and oxygen atoms in total. The highest BCUT2D eigenvalue weighted by Gasteiger charge is 2.22. The van der Waals surface area contributed by atoms with E-state index in [-0.39, 0.29) is 5.91 Å². The van der Waals surface area contributed by atoms with E-state index in [4.69, 9.17) is 21.1 Å². The van der Waals surface area contributed by atoms with Crippen molar-refractivity contribution in [2.45, 2.75) is 12.6 Å². The average Bonchev–Trinajstić information content (AvgIpc) is 2.73. The predicted molar refractivity (Wildman–Crippen MR) is 61.7 cm³/mol. The molecule has 1 aliphatic heterocycles. The topological polar surface area (TPSA) is 47.6 Å². The first kappa shape index (κ1) is 11.9. The van der Waals surface area contributed by atoms with Gasteiger partial charge in [-0.15, -0.1) is 11.3 Å². The summed E-state index contributed by atoms with van der Waals surface area (Å²) in [5.74, 6) is -0.135. The molecule has 1 aromatic rings. The average molecular weight is 262 g/mol. The first-order valence-electron chi connectivity index (χ1n) is 4.97. The van der Waals surface area contributed by atoms with Gasteiger partial charge in [-0.2, -0.15) is 0 Å². The van der Waals surface area contributed by atoms with Gasteiger partial charge in [0.2, 0.25) is 0 Å². The molecule has 0 radical (unpaired) electrons. The lowest BCUT2D eigenvalue weighted by molar-refractivity contribution is -0.147. The van der Waals surface area contributed by atoms with E-state index in [2.05, 4.69) is 5.32 Å². The van der Waals surface area contributed by atoms with E-state index in [1.165, 1.54) is 11.3 Å². The Bertz CT molecular complexity index is 363. The van der Waals surface area contributed by atoms with Crippen LogP contribution in [0.25, 0.3) is 0 Å². The summed E-state index contributed by atoms with van der Waals surface area (Å²) in [6.07, 6.45) is -0.482. The minimum atomic E-state index is -0.482. The maximum atomic E-state index is 11.6. The number of carbonyl (C=O) groups is 1. The maximum Gasteiger partial charge on any atom is 0.251 e. The van der Waals surface area contributed by atoms with Gasteiger partial charge in [0.15, 0.2) is 6.10 Å². The largest absolute Gasteiger partial charge is 0.376 e. The van der Waals surface area contributed by atoms with Gasteiger partial charge in [-0.1, -0.05) is 11.6 Å². The quantitative estimate of drug-likeness (QED) is 0.896. The molecule has 0 unspecified atom stereocenters. The first-order chi connectivity index (χ1) is 7.75. The molecule has 1 atom stereocenters. The summed E-state index contributed by atoms with van der Waals surface area (Å²) in [4.78, 5) is 12.7. The van der Waals surface area contributed by atoms with Gasteiger partial charge in [-0.05, 0) is 12.1 Å². The van der Waals surface area contributed by atoms with Crippen molar-refractivity contribution in [3.8, 4) is 0 Å². The molecule has 0 bridgehead atoms. The van der Waals surface area contributed by atoms with Crippen molar-refractivity contribution < 1.29 is 14.3 Å². The van der Waals surface area contributed by atoms with Crippen molar-refractivity contribution in [2.24, 2.45) is 0 Å². The molecule has 0 aromatic carbocycles. The van der Waals surface area contributed by atoms with E-state index in [9.17, 15) is 4.79 Å². The Morgan fingerprint density at radius 3 is 3.06 bits per heavy atom. The molecule has 1 saturated heterocycles. The third-order valence-corrected chi connectivity index (χ3v) is 3.41. The lowest BCUT2D eigenvalue weighted by atomic mass is 10.3. The number of amides is 1. The van der Waals surface area contributed by atoms with Gasteiger partial charge in [0, 0.05) is 4.88 Å². The zero-order valence-corrected chi connectivity index (χ0v) is 10.1. The van der Waals surface area contributed by atoms with Gasteiger partial charge in [-0.25, -0.2) is 0 Å². The van der Waals surface area contributed by atoms with Crippen molar-refractivity contribution in [3.05, 3.63) is 21.3 Å². The second-order valence-electron chi connectivity index (χ2n) is 3.36. The van der Waals surface area contributed by atoms with E-state index in [0.29, 0.717) is 26.4 Å². The summed E-state index contributed by atoms with van der Waals surface area (Å²) in [6.45, 7) is 1.85. The molecule has 1 aromatic heterocycles. The summed E-state index contributed by atoms with van der Waals surface area (Å²) < 4.78 is 11.2. The molecular weight excluding hydrogens is 250 g/mol. The summed E-state index contributed by atoms with van der Waals surface area (Å²) in [6, 6.07) is 3.71. The Kier molecular flexibility index (Phi) is 4.17. The molecule has 0 saturated carbocycles. The van der Waals surface area contributed by atoms with E-state index in [1.807, 2.05) is 12.1 Å². The highest BCUT2D eigenvalue weighted by Crippen LogP contribution is 2.21. The molecule has 0 spiro atoms. The van der Waals surface area contributed by atoms with E-state index in [1.54, 1.807) is 0 Å². The number of hydrogen-bond donors (Lipinski definition) is 1. The van der Waals surface area contributed by atoms with Crippen LogP contribution in [0.2, 0.25) is 4.34 Å². The minimum absolute atomic E-state index is 0.135. The minimum Gasteiger partial charge on any atom is -0.376 e.